The fraction of sp³-hybridized carbons (Fsp3) is 1.00. The largest absolute Gasteiger partial charge is 0.393 e. The van der Waals surface area contributed by atoms with Crippen molar-refractivity contribution >= 4 is 0 Å². The minimum atomic E-state index is -1.03. The standard InChI is InChI=1S/C10H18O4/c1-4(2)8(12)7-9(13)6-5(11)3-10(6,7)14/h4-9,11-14H,3H2,1-2H3/t5-,6?,7-,8+,9?,10-/m1/s1. The Bertz CT molecular complexity index is 242. The van der Waals surface area contributed by atoms with E-state index in [0.29, 0.717) is 0 Å². The number of fused-ring (bicyclic) bond motifs is 1. The van der Waals surface area contributed by atoms with Gasteiger partial charge in [-0.3, -0.25) is 0 Å². The zero-order valence-electron chi connectivity index (χ0n) is 8.46. The summed E-state index contributed by atoms with van der Waals surface area (Å²) in [6.07, 6.45) is -1.78. The fourth-order valence-corrected chi connectivity index (χ4v) is 2.97. The minimum absolute atomic E-state index is 0.0115. The van der Waals surface area contributed by atoms with Crippen LogP contribution in [0.4, 0.5) is 0 Å². The maximum atomic E-state index is 10.0. The Morgan fingerprint density at radius 2 is 1.86 bits per heavy atom. The summed E-state index contributed by atoms with van der Waals surface area (Å²) >= 11 is 0. The van der Waals surface area contributed by atoms with Crippen LogP contribution in [-0.4, -0.2) is 44.3 Å². The van der Waals surface area contributed by atoms with E-state index in [1.165, 1.54) is 0 Å². The summed E-state index contributed by atoms with van der Waals surface area (Å²) in [5.74, 6) is -0.922. The highest BCUT2D eigenvalue weighted by Gasteiger charge is 2.72. The van der Waals surface area contributed by atoms with E-state index in [0.717, 1.165) is 0 Å². The lowest BCUT2D eigenvalue weighted by Crippen LogP contribution is -2.80. The van der Waals surface area contributed by atoms with Crippen LogP contribution in [0.3, 0.4) is 0 Å². The monoisotopic (exact) mass is 202 g/mol. The molecule has 0 aromatic heterocycles. The van der Waals surface area contributed by atoms with Gasteiger partial charge >= 0.3 is 0 Å². The molecule has 6 atom stereocenters. The van der Waals surface area contributed by atoms with Gasteiger partial charge in [-0.25, -0.2) is 0 Å². The van der Waals surface area contributed by atoms with Gasteiger partial charge in [-0.15, -0.1) is 0 Å². The van der Waals surface area contributed by atoms with Crippen molar-refractivity contribution in [2.75, 3.05) is 0 Å². The van der Waals surface area contributed by atoms with Gasteiger partial charge in [-0.1, -0.05) is 13.8 Å². The average Bonchev–Trinajstić information content (AvgIpc) is 2.02. The van der Waals surface area contributed by atoms with Crippen molar-refractivity contribution in [3.8, 4) is 0 Å². The van der Waals surface area contributed by atoms with E-state index in [-0.39, 0.29) is 12.3 Å². The second kappa shape index (κ2) is 2.92. The lowest BCUT2D eigenvalue weighted by Gasteiger charge is -2.67. The Labute approximate surface area is 83.2 Å². The molecule has 4 heteroatoms. The first-order valence-electron chi connectivity index (χ1n) is 5.16. The van der Waals surface area contributed by atoms with E-state index in [9.17, 15) is 20.4 Å². The average molecular weight is 202 g/mol. The van der Waals surface area contributed by atoms with E-state index in [1.54, 1.807) is 0 Å². The Morgan fingerprint density at radius 1 is 1.29 bits per heavy atom. The molecule has 0 radical (unpaired) electrons. The highest BCUT2D eigenvalue weighted by Crippen LogP contribution is 2.59. The topological polar surface area (TPSA) is 80.9 Å². The van der Waals surface area contributed by atoms with E-state index < -0.39 is 35.7 Å². The number of hydrogen-bond acceptors (Lipinski definition) is 4. The molecule has 4 N–H and O–H groups in total. The van der Waals surface area contributed by atoms with Crippen molar-refractivity contribution in [1.29, 1.82) is 0 Å². The Morgan fingerprint density at radius 3 is 2.21 bits per heavy atom. The zero-order chi connectivity index (χ0) is 10.7. The molecule has 14 heavy (non-hydrogen) atoms. The summed E-state index contributed by atoms with van der Waals surface area (Å²) in [4.78, 5) is 0. The molecule has 0 aliphatic heterocycles. The summed E-state index contributed by atoms with van der Waals surface area (Å²) in [6.45, 7) is 3.70. The quantitative estimate of drug-likeness (QED) is 0.468. The molecule has 0 saturated heterocycles. The van der Waals surface area contributed by atoms with Crippen LogP contribution in [0, 0.1) is 17.8 Å². The predicted molar refractivity (Wildman–Crippen MR) is 49.4 cm³/mol. The second-order valence-corrected chi connectivity index (χ2v) is 5.04. The summed E-state index contributed by atoms with van der Waals surface area (Å²) in [5.41, 5.74) is -1.03. The van der Waals surface area contributed by atoms with Crippen molar-refractivity contribution < 1.29 is 20.4 Å². The van der Waals surface area contributed by atoms with Gasteiger partial charge in [0.25, 0.3) is 0 Å². The van der Waals surface area contributed by atoms with Crippen molar-refractivity contribution in [3.05, 3.63) is 0 Å². The third-order valence-corrected chi connectivity index (χ3v) is 3.89. The molecule has 0 spiro atoms. The fourth-order valence-electron chi connectivity index (χ4n) is 2.97. The highest BCUT2D eigenvalue weighted by molar-refractivity contribution is 5.22. The van der Waals surface area contributed by atoms with Crippen molar-refractivity contribution in [1.82, 2.24) is 0 Å². The minimum Gasteiger partial charge on any atom is -0.393 e. The first-order valence-corrected chi connectivity index (χ1v) is 5.16. The third kappa shape index (κ3) is 1.03. The van der Waals surface area contributed by atoms with Gasteiger partial charge in [-0.2, -0.15) is 0 Å². The summed E-state index contributed by atoms with van der Waals surface area (Å²) in [6, 6.07) is 0. The number of aliphatic hydroxyl groups excluding tert-OH is 3. The molecule has 2 fully saturated rings. The van der Waals surface area contributed by atoms with E-state index in [2.05, 4.69) is 0 Å². The first-order chi connectivity index (χ1) is 6.39. The SMILES string of the molecule is CC(C)[C@H](O)[C@@H]1C(O)C2[C@H](O)C[C@@]21O. The molecule has 0 aromatic carbocycles. The zero-order valence-corrected chi connectivity index (χ0v) is 8.46. The van der Waals surface area contributed by atoms with Crippen LogP contribution in [0.1, 0.15) is 20.3 Å². The van der Waals surface area contributed by atoms with Crippen LogP contribution in [-0.2, 0) is 0 Å². The van der Waals surface area contributed by atoms with Gasteiger partial charge in [0, 0.05) is 18.3 Å². The van der Waals surface area contributed by atoms with Crippen molar-refractivity contribution in [2.24, 2.45) is 17.8 Å². The Kier molecular flexibility index (Phi) is 2.16. The maximum Gasteiger partial charge on any atom is 0.0827 e. The molecule has 0 aromatic rings. The first kappa shape index (κ1) is 10.4. The number of aliphatic hydroxyl groups is 4. The molecular weight excluding hydrogens is 184 g/mol. The van der Waals surface area contributed by atoms with Crippen LogP contribution in [0.15, 0.2) is 0 Å². The van der Waals surface area contributed by atoms with E-state index >= 15 is 0 Å². The van der Waals surface area contributed by atoms with E-state index in [4.69, 9.17) is 0 Å². The molecule has 0 bridgehead atoms. The van der Waals surface area contributed by atoms with Crippen LogP contribution in [0.25, 0.3) is 0 Å². The Balaban J connectivity index is 2.09. The number of hydrogen-bond donors (Lipinski definition) is 4. The summed E-state index contributed by atoms with van der Waals surface area (Å²) in [7, 11) is 0. The normalized spacial score (nSPS) is 53.4. The van der Waals surface area contributed by atoms with E-state index in [1.807, 2.05) is 13.8 Å². The molecule has 0 heterocycles. The van der Waals surface area contributed by atoms with Gasteiger partial charge in [0.15, 0.2) is 0 Å². The highest BCUT2D eigenvalue weighted by atomic mass is 16.3. The lowest BCUT2D eigenvalue weighted by molar-refractivity contribution is -0.345. The van der Waals surface area contributed by atoms with Gasteiger partial charge in [0.05, 0.1) is 23.9 Å². The second-order valence-electron chi connectivity index (χ2n) is 5.04. The van der Waals surface area contributed by atoms with Crippen LogP contribution in [0.5, 0.6) is 0 Å². The molecule has 2 aliphatic rings. The number of rotatable bonds is 2. The molecule has 2 saturated carbocycles. The summed E-state index contributed by atoms with van der Waals surface area (Å²) in [5, 5.41) is 38.8. The van der Waals surface area contributed by atoms with Gasteiger partial charge in [0.1, 0.15) is 0 Å². The smallest absolute Gasteiger partial charge is 0.0827 e. The predicted octanol–water partition coefficient (Wildman–Crippen LogP) is -0.894. The molecule has 2 unspecified atom stereocenters. The molecule has 0 amide bonds. The molecule has 2 aliphatic carbocycles. The van der Waals surface area contributed by atoms with Crippen LogP contribution in [0.2, 0.25) is 0 Å². The third-order valence-electron chi connectivity index (χ3n) is 3.89. The van der Waals surface area contributed by atoms with Crippen molar-refractivity contribution in [3.63, 3.8) is 0 Å². The molecule has 82 valence electrons. The van der Waals surface area contributed by atoms with Gasteiger partial charge in [-0.05, 0) is 5.92 Å². The van der Waals surface area contributed by atoms with Crippen molar-refractivity contribution in [2.45, 2.75) is 44.2 Å². The van der Waals surface area contributed by atoms with Gasteiger partial charge < -0.3 is 20.4 Å². The van der Waals surface area contributed by atoms with Gasteiger partial charge in [0.2, 0.25) is 0 Å². The lowest BCUT2D eigenvalue weighted by atomic mass is 9.44. The van der Waals surface area contributed by atoms with Crippen LogP contribution < -0.4 is 0 Å². The van der Waals surface area contributed by atoms with Crippen LogP contribution >= 0.6 is 0 Å². The molecule has 2 rings (SSSR count). The molecular formula is C10H18O4. The Hall–Kier alpha value is -0.160. The molecule has 4 nitrogen and oxygen atoms in total. The summed E-state index contributed by atoms with van der Waals surface area (Å²) < 4.78 is 0. The maximum absolute atomic E-state index is 10.0.